The Labute approximate surface area is 160 Å². The van der Waals surface area contributed by atoms with Crippen molar-refractivity contribution in [3.63, 3.8) is 0 Å². The van der Waals surface area contributed by atoms with E-state index in [1.165, 1.54) is 14.0 Å². The third-order valence-electron chi connectivity index (χ3n) is 4.14. The summed E-state index contributed by atoms with van der Waals surface area (Å²) in [6, 6.07) is 11.1. The van der Waals surface area contributed by atoms with Crippen LogP contribution in [0.5, 0.6) is 11.5 Å². The van der Waals surface area contributed by atoms with E-state index in [4.69, 9.17) is 9.47 Å². The van der Waals surface area contributed by atoms with Crippen molar-refractivity contribution in [2.75, 3.05) is 31.0 Å². The summed E-state index contributed by atoms with van der Waals surface area (Å²) in [5, 5.41) is 2.82. The second-order valence-electron chi connectivity index (χ2n) is 6.38. The van der Waals surface area contributed by atoms with Crippen LogP contribution in [-0.4, -0.2) is 32.6 Å². The van der Waals surface area contributed by atoms with Crippen molar-refractivity contribution in [3.8, 4) is 11.5 Å². The molecule has 0 aliphatic carbocycles. The predicted octanol–water partition coefficient (Wildman–Crippen LogP) is 3.70. The van der Waals surface area contributed by atoms with E-state index in [9.17, 15) is 9.59 Å². The number of carbonyl (C=O) groups is 2. The molecule has 0 aromatic heterocycles. The number of methoxy groups -OCH3 is 2. The van der Waals surface area contributed by atoms with Gasteiger partial charge in [0.25, 0.3) is 0 Å². The smallest absolute Gasteiger partial charge is 0.226 e. The van der Waals surface area contributed by atoms with Crippen molar-refractivity contribution >= 4 is 23.2 Å². The molecule has 6 nitrogen and oxygen atoms in total. The van der Waals surface area contributed by atoms with Gasteiger partial charge in [0.2, 0.25) is 11.8 Å². The highest BCUT2D eigenvalue weighted by molar-refractivity contribution is 5.95. The van der Waals surface area contributed by atoms with Gasteiger partial charge in [0.1, 0.15) is 11.5 Å². The van der Waals surface area contributed by atoms with Crippen LogP contribution in [0.4, 0.5) is 11.4 Å². The molecule has 0 spiro atoms. The van der Waals surface area contributed by atoms with Crippen LogP contribution in [0.2, 0.25) is 0 Å². The number of hydrogen-bond acceptors (Lipinski definition) is 4. The van der Waals surface area contributed by atoms with E-state index in [0.29, 0.717) is 17.2 Å². The molecule has 27 heavy (non-hydrogen) atoms. The molecule has 2 aromatic carbocycles. The summed E-state index contributed by atoms with van der Waals surface area (Å²) < 4.78 is 10.5. The van der Waals surface area contributed by atoms with Crippen LogP contribution < -0.4 is 19.7 Å². The van der Waals surface area contributed by atoms with Crippen molar-refractivity contribution < 1.29 is 19.1 Å². The van der Waals surface area contributed by atoms with Crippen molar-refractivity contribution in [1.29, 1.82) is 0 Å². The number of hydrogen-bond donors (Lipinski definition) is 1. The van der Waals surface area contributed by atoms with Crippen LogP contribution in [0.1, 0.15) is 24.5 Å². The summed E-state index contributed by atoms with van der Waals surface area (Å²) in [5.41, 5.74) is 3.47. The van der Waals surface area contributed by atoms with E-state index in [2.05, 4.69) is 5.32 Å². The second kappa shape index (κ2) is 9.07. The number of nitrogens with zero attached hydrogens (tertiary/aromatic N) is 1. The van der Waals surface area contributed by atoms with Crippen molar-refractivity contribution in [2.45, 2.75) is 27.2 Å². The lowest BCUT2D eigenvalue weighted by atomic mass is 10.1. The predicted molar refractivity (Wildman–Crippen MR) is 107 cm³/mol. The lowest BCUT2D eigenvalue weighted by Crippen LogP contribution is -2.32. The summed E-state index contributed by atoms with van der Waals surface area (Å²) >= 11 is 0. The topological polar surface area (TPSA) is 67.9 Å². The average Bonchev–Trinajstić information content (AvgIpc) is 2.60. The maximum absolute atomic E-state index is 12.4. The van der Waals surface area contributed by atoms with Gasteiger partial charge < -0.3 is 19.7 Å². The van der Waals surface area contributed by atoms with Gasteiger partial charge in [0, 0.05) is 31.6 Å². The first-order valence-electron chi connectivity index (χ1n) is 8.72. The Morgan fingerprint density at radius 2 is 1.67 bits per heavy atom. The van der Waals surface area contributed by atoms with Crippen LogP contribution in [0.25, 0.3) is 0 Å². The van der Waals surface area contributed by atoms with Gasteiger partial charge in [-0.25, -0.2) is 0 Å². The molecule has 6 heteroatoms. The number of nitrogens with one attached hydrogen (secondary N) is 1. The van der Waals surface area contributed by atoms with Gasteiger partial charge in [0.15, 0.2) is 0 Å². The van der Waals surface area contributed by atoms with Gasteiger partial charge in [-0.2, -0.15) is 0 Å². The standard InChI is InChI=1S/C21H26N2O4/c1-14-10-15(2)12-17(11-14)23(16(3)24)9-8-21(25)22-19-13-18(26-4)6-7-20(19)27-5/h6-7,10-13H,8-9H2,1-5H3,(H,22,25). The lowest BCUT2D eigenvalue weighted by molar-refractivity contribution is -0.117. The number of anilines is 2. The molecule has 1 N–H and O–H groups in total. The molecule has 0 atom stereocenters. The van der Waals surface area contributed by atoms with E-state index < -0.39 is 0 Å². The molecule has 0 heterocycles. The lowest BCUT2D eigenvalue weighted by Gasteiger charge is -2.22. The molecule has 0 radical (unpaired) electrons. The van der Waals surface area contributed by atoms with Crippen LogP contribution in [0, 0.1) is 13.8 Å². The molecule has 0 saturated carbocycles. The zero-order valence-corrected chi connectivity index (χ0v) is 16.5. The quantitative estimate of drug-likeness (QED) is 0.807. The molecule has 2 rings (SSSR count). The first-order valence-corrected chi connectivity index (χ1v) is 8.72. The minimum absolute atomic E-state index is 0.105. The highest BCUT2D eigenvalue weighted by atomic mass is 16.5. The maximum Gasteiger partial charge on any atom is 0.226 e. The Hall–Kier alpha value is -3.02. The molecule has 2 aromatic rings. The van der Waals surface area contributed by atoms with Crippen LogP contribution in [-0.2, 0) is 9.59 Å². The Morgan fingerprint density at radius 3 is 2.22 bits per heavy atom. The van der Waals surface area contributed by atoms with E-state index in [1.807, 2.05) is 32.0 Å². The molecule has 0 bridgehead atoms. The molecular weight excluding hydrogens is 344 g/mol. The molecule has 0 aliphatic heterocycles. The van der Waals surface area contributed by atoms with Crippen molar-refractivity contribution in [1.82, 2.24) is 0 Å². The zero-order valence-electron chi connectivity index (χ0n) is 16.5. The third kappa shape index (κ3) is 5.48. The molecular formula is C21H26N2O4. The number of rotatable bonds is 7. The van der Waals surface area contributed by atoms with Crippen molar-refractivity contribution in [2.24, 2.45) is 0 Å². The Balaban J connectivity index is 2.09. The Bertz CT molecular complexity index is 813. The van der Waals surface area contributed by atoms with Crippen LogP contribution >= 0.6 is 0 Å². The first-order chi connectivity index (χ1) is 12.8. The summed E-state index contributed by atoms with van der Waals surface area (Å²) in [7, 11) is 3.09. The fraction of sp³-hybridized carbons (Fsp3) is 0.333. The summed E-state index contributed by atoms with van der Waals surface area (Å²) in [5.74, 6) is 0.845. The van der Waals surface area contributed by atoms with Gasteiger partial charge in [0.05, 0.1) is 19.9 Å². The SMILES string of the molecule is COc1ccc(OC)c(NC(=O)CCN(C(C)=O)c2cc(C)cc(C)c2)c1. The molecule has 0 unspecified atom stereocenters. The average molecular weight is 370 g/mol. The van der Waals surface area contributed by atoms with Gasteiger partial charge in [-0.1, -0.05) is 6.07 Å². The van der Waals surface area contributed by atoms with Crippen molar-refractivity contribution in [3.05, 3.63) is 47.5 Å². The van der Waals surface area contributed by atoms with Crippen LogP contribution in [0.3, 0.4) is 0 Å². The minimum atomic E-state index is -0.211. The number of amides is 2. The monoisotopic (exact) mass is 370 g/mol. The molecule has 0 saturated heterocycles. The number of ether oxygens (including phenoxy) is 2. The molecule has 0 fully saturated rings. The molecule has 0 aliphatic rings. The largest absolute Gasteiger partial charge is 0.497 e. The maximum atomic E-state index is 12.4. The van der Waals surface area contributed by atoms with E-state index in [0.717, 1.165) is 16.8 Å². The molecule has 144 valence electrons. The van der Waals surface area contributed by atoms with E-state index >= 15 is 0 Å². The number of benzene rings is 2. The fourth-order valence-electron chi connectivity index (χ4n) is 2.91. The fourth-order valence-corrected chi connectivity index (χ4v) is 2.91. The third-order valence-corrected chi connectivity index (χ3v) is 4.14. The summed E-state index contributed by atoms with van der Waals surface area (Å²) in [4.78, 5) is 26.1. The normalized spacial score (nSPS) is 10.3. The zero-order chi connectivity index (χ0) is 20.0. The Kier molecular flexibility index (Phi) is 6.82. The second-order valence-corrected chi connectivity index (χ2v) is 6.38. The number of aryl methyl sites for hydroxylation is 2. The number of carbonyl (C=O) groups excluding carboxylic acids is 2. The first kappa shape index (κ1) is 20.3. The van der Waals surface area contributed by atoms with E-state index in [-0.39, 0.29) is 24.8 Å². The highest BCUT2D eigenvalue weighted by Crippen LogP contribution is 2.29. The van der Waals surface area contributed by atoms with Gasteiger partial charge in [-0.15, -0.1) is 0 Å². The van der Waals surface area contributed by atoms with Crippen LogP contribution in [0.15, 0.2) is 36.4 Å². The van der Waals surface area contributed by atoms with Gasteiger partial charge in [-0.3, -0.25) is 9.59 Å². The minimum Gasteiger partial charge on any atom is -0.497 e. The molecule has 2 amide bonds. The highest BCUT2D eigenvalue weighted by Gasteiger charge is 2.15. The van der Waals surface area contributed by atoms with E-state index in [1.54, 1.807) is 30.2 Å². The van der Waals surface area contributed by atoms with Gasteiger partial charge in [-0.05, 0) is 49.2 Å². The Morgan fingerprint density at radius 1 is 1.00 bits per heavy atom. The van der Waals surface area contributed by atoms with Gasteiger partial charge >= 0.3 is 0 Å². The summed E-state index contributed by atoms with van der Waals surface area (Å²) in [6.07, 6.45) is 0.160. The summed E-state index contributed by atoms with van der Waals surface area (Å²) in [6.45, 7) is 5.75.